The molecule has 0 spiro atoms. The van der Waals surface area contributed by atoms with E-state index in [2.05, 4.69) is 0 Å². The Kier molecular flexibility index (Phi) is 2.38. The summed E-state index contributed by atoms with van der Waals surface area (Å²) in [6.45, 7) is 1.87. The summed E-state index contributed by atoms with van der Waals surface area (Å²) in [7, 11) is 1.86. The van der Waals surface area contributed by atoms with Gasteiger partial charge in [-0.15, -0.1) is 0 Å². The second-order valence-corrected chi connectivity index (χ2v) is 2.44. The van der Waals surface area contributed by atoms with Gasteiger partial charge in [-0.05, 0) is 12.1 Å². The first-order valence-electron chi connectivity index (χ1n) is 3.57. The average molecular weight is 162 g/mol. The van der Waals surface area contributed by atoms with Crippen molar-refractivity contribution in [2.75, 3.05) is 5.73 Å². The summed E-state index contributed by atoms with van der Waals surface area (Å²) in [6.07, 6.45) is 0. The van der Waals surface area contributed by atoms with Crippen LogP contribution >= 0.6 is 0 Å². The van der Waals surface area contributed by atoms with E-state index >= 15 is 0 Å². The van der Waals surface area contributed by atoms with Crippen molar-refractivity contribution in [2.24, 2.45) is 0 Å². The fraction of sp³-hybridized carbons (Fsp3) is 0.125. The van der Waals surface area contributed by atoms with Crippen molar-refractivity contribution in [3.05, 3.63) is 23.8 Å². The summed E-state index contributed by atoms with van der Waals surface area (Å²) in [5.74, 6) is -0.991. The van der Waals surface area contributed by atoms with Crippen LogP contribution in [0.15, 0.2) is 18.2 Å². The fourth-order valence-electron chi connectivity index (χ4n) is 0.956. The minimum Gasteiger partial charge on any atom is -0.478 e. The largest absolute Gasteiger partial charge is 0.478 e. The van der Waals surface area contributed by atoms with Crippen LogP contribution in [0.2, 0.25) is 6.82 Å². The van der Waals surface area contributed by atoms with Gasteiger partial charge in [0.05, 0.1) is 5.56 Å². The molecule has 0 saturated carbocycles. The highest BCUT2D eigenvalue weighted by Gasteiger charge is 2.06. The molecule has 61 valence electrons. The van der Waals surface area contributed by atoms with Crippen LogP contribution in [0, 0.1) is 0 Å². The number of anilines is 1. The van der Waals surface area contributed by atoms with Gasteiger partial charge >= 0.3 is 5.97 Å². The smallest absolute Gasteiger partial charge is 0.337 e. The van der Waals surface area contributed by atoms with Crippen LogP contribution in [0.25, 0.3) is 0 Å². The number of nitrogen functional groups attached to an aromatic ring is 1. The first kappa shape index (κ1) is 8.65. The zero-order valence-electron chi connectivity index (χ0n) is 6.74. The number of rotatable bonds is 2. The maximum atomic E-state index is 10.5. The predicted molar refractivity (Wildman–Crippen MR) is 49.1 cm³/mol. The van der Waals surface area contributed by atoms with Crippen LogP contribution in [-0.2, 0) is 0 Å². The number of carboxylic acid groups (broad SMARTS) is 1. The molecule has 0 atom stereocenters. The lowest BCUT2D eigenvalue weighted by Gasteiger charge is -2.01. The van der Waals surface area contributed by atoms with Gasteiger partial charge in [-0.1, -0.05) is 18.4 Å². The lowest BCUT2D eigenvalue weighted by atomic mass is 9.73. The van der Waals surface area contributed by atoms with Gasteiger partial charge in [-0.25, -0.2) is 4.79 Å². The van der Waals surface area contributed by atoms with Gasteiger partial charge in [0.2, 0.25) is 0 Å². The third-order valence-electron chi connectivity index (χ3n) is 1.64. The highest BCUT2D eigenvalue weighted by molar-refractivity contribution is 6.52. The van der Waals surface area contributed by atoms with Gasteiger partial charge < -0.3 is 10.8 Å². The van der Waals surface area contributed by atoms with E-state index in [9.17, 15) is 4.79 Å². The summed E-state index contributed by atoms with van der Waals surface area (Å²) >= 11 is 0. The Morgan fingerprint density at radius 1 is 1.58 bits per heavy atom. The van der Waals surface area contributed by atoms with Crippen LogP contribution in [0.1, 0.15) is 10.4 Å². The molecule has 0 aromatic heterocycles. The third-order valence-corrected chi connectivity index (χ3v) is 1.64. The molecule has 0 aliphatic carbocycles. The van der Waals surface area contributed by atoms with Crippen LogP contribution < -0.4 is 11.2 Å². The van der Waals surface area contributed by atoms with E-state index in [1.54, 1.807) is 12.1 Å². The summed E-state index contributed by atoms with van der Waals surface area (Å²) in [6, 6.07) is 4.87. The molecule has 0 saturated heterocycles. The summed E-state index contributed by atoms with van der Waals surface area (Å²) in [5.41, 5.74) is 6.88. The molecule has 1 aromatic carbocycles. The molecular formula is C8H9BNO2. The molecule has 0 amide bonds. The van der Waals surface area contributed by atoms with Gasteiger partial charge in [-0.2, -0.15) is 0 Å². The predicted octanol–water partition coefficient (Wildman–Crippen LogP) is 0.345. The fourth-order valence-corrected chi connectivity index (χ4v) is 0.956. The van der Waals surface area contributed by atoms with Crippen molar-refractivity contribution in [1.29, 1.82) is 0 Å². The molecular weight excluding hydrogens is 153 g/mol. The Hall–Kier alpha value is -1.45. The van der Waals surface area contributed by atoms with Crippen LogP contribution in [0.4, 0.5) is 5.69 Å². The molecule has 0 aliphatic rings. The lowest BCUT2D eigenvalue weighted by molar-refractivity contribution is 0.0698. The first-order valence-corrected chi connectivity index (χ1v) is 3.57. The highest BCUT2D eigenvalue weighted by atomic mass is 16.4. The average Bonchev–Trinajstić information content (AvgIpc) is 2.03. The number of aromatic carboxylic acids is 1. The number of benzene rings is 1. The normalized spacial score (nSPS) is 9.42. The van der Waals surface area contributed by atoms with E-state index in [-0.39, 0.29) is 5.56 Å². The van der Waals surface area contributed by atoms with E-state index in [4.69, 9.17) is 10.8 Å². The first-order chi connectivity index (χ1) is 5.65. The number of nitrogens with two attached hydrogens (primary N) is 1. The van der Waals surface area contributed by atoms with E-state index in [0.29, 0.717) is 5.69 Å². The summed E-state index contributed by atoms with van der Waals surface area (Å²) < 4.78 is 0. The van der Waals surface area contributed by atoms with E-state index < -0.39 is 5.97 Å². The summed E-state index contributed by atoms with van der Waals surface area (Å²) in [4.78, 5) is 10.5. The molecule has 12 heavy (non-hydrogen) atoms. The standard InChI is InChI=1S/C8H9BNO2/c1-9-5-2-3-6(8(11)12)7(10)4-5/h2-4H,10H2,1H3,(H,11,12). The molecule has 1 rings (SSSR count). The van der Waals surface area contributed by atoms with E-state index in [1.807, 2.05) is 14.1 Å². The van der Waals surface area contributed by atoms with Crippen molar-refractivity contribution < 1.29 is 9.90 Å². The monoisotopic (exact) mass is 162 g/mol. The Balaban J connectivity index is 3.12. The van der Waals surface area contributed by atoms with Crippen molar-refractivity contribution in [3.8, 4) is 0 Å². The Morgan fingerprint density at radius 2 is 2.25 bits per heavy atom. The lowest BCUT2D eigenvalue weighted by Crippen LogP contribution is -2.13. The van der Waals surface area contributed by atoms with Crippen molar-refractivity contribution >= 4 is 24.4 Å². The maximum absolute atomic E-state index is 10.5. The van der Waals surface area contributed by atoms with Gasteiger partial charge in [0.25, 0.3) is 0 Å². The molecule has 3 N–H and O–H groups in total. The Morgan fingerprint density at radius 3 is 2.67 bits per heavy atom. The zero-order chi connectivity index (χ0) is 9.14. The molecule has 0 bridgehead atoms. The van der Waals surface area contributed by atoms with Crippen LogP contribution in [0.5, 0.6) is 0 Å². The molecule has 4 heteroatoms. The topological polar surface area (TPSA) is 63.3 Å². The SMILES string of the molecule is C[B]c1ccc(C(=O)O)c(N)c1. The molecule has 0 unspecified atom stereocenters. The van der Waals surface area contributed by atoms with Crippen molar-refractivity contribution in [1.82, 2.24) is 0 Å². The van der Waals surface area contributed by atoms with Crippen molar-refractivity contribution in [3.63, 3.8) is 0 Å². The number of hydrogen-bond donors (Lipinski definition) is 2. The van der Waals surface area contributed by atoms with Gasteiger partial charge in [0.15, 0.2) is 0 Å². The minimum absolute atomic E-state index is 0.153. The maximum Gasteiger partial charge on any atom is 0.337 e. The molecule has 0 aliphatic heterocycles. The second kappa shape index (κ2) is 3.30. The number of carboxylic acids is 1. The van der Waals surface area contributed by atoms with Crippen molar-refractivity contribution in [2.45, 2.75) is 6.82 Å². The number of carbonyl (C=O) groups is 1. The van der Waals surface area contributed by atoms with Crippen LogP contribution in [-0.4, -0.2) is 18.4 Å². The van der Waals surface area contributed by atoms with Crippen LogP contribution in [0.3, 0.4) is 0 Å². The van der Waals surface area contributed by atoms with Gasteiger partial charge in [0.1, 0.15) is 7.28 Å². The second-order valence-electron chi connectivity index (χ2n) is 2.44. The quantitative estimate of drug-likeness (QED) is 0.486. The Labute approximate surface area is 71.4 Å². The van der Waals surface area contributed by atoms with Gasteiger partial charge in [0, 0.05) is 5.69 Å². The minimum atomic E-state index is -0.991. The molecule has 1 aromatic rings. The highest BCUT2D eigenvalue weighted by Crippen LogP contribution is 2.08. The molecule has 0 heterocycles. The van der Waals surface area contributed by atoms with E-state index in [0.717, 1.165) is 5.46 Å². The zero-order valence-corrected chi connectivity index (χ0v) is 6.74. The molecule has 0 fully saturated rings. The summed E-state index contributed by atoms with van der Waals surface area (Å²) in [5, 5.41) is 8.64. The Bertz CT molecular complexity index is 312. The van der Waals surface area contributed by atoms with Gasteiger partial charge in [-0.3, -0.25) is 0 Å². The number of hydrogen-bond acceptors (Lipinski definition) is 2. The third kappa shape index (κ3) is 1.58. The van der Waals surface area contributed by atoms with E-state index in [1.165, 1.54) is 6.07 Å². The molecule has 3 nitrogen and oxygen atoms in total. The molecule has 1 radical (unpaired) electrons.